The molecular weight excluding hydrogens is 779 g/mol. The first kappa shape index (κ1) is 36.1. The van der Waals surface area contributed by atoms with Gasteiger partial charge in [-0.15, -0.1) is 23.2 Å². The van der Waals surface area contributed by atoms with Gasteiger partial charge in [0.05, 0.1) is 22.6 Å². The molecule has 0 bridgehead atoms. The number of aromatic amines is 3. The van der Waals surface area contributed by atoms with Crippen LogP contribution in [-0.2, 0) is 0 Å². The third kappa shape index (κ3) is 5.55. The van der Waals surface area contributed by atoms with Gasteiger partial charge in [0, 0.05) is 106 Å². The molecule has 294 valence electrons. The van der Waals surface area contributed by atoms with Crippen LogP contribution in [0.4, 0.5) is 33.2 Å². The maximum absolute atomic E-state index is 14.0. The van der Waals surface area contributed by atoms with Crippen molar-refractivity contribution in [2.75, 3.05) is 57.1 Å². The van der Waals surface area contributed by atoms with Crippen molar-refractivity contribution in [3.63, 3.8) is 0 Å². The van der Waals surface area contributed by atoms with Crippen molar-refractivity contribution in [3.05, 3.63) is 101 Å². The summed E-state index contributed by atoms with van der Waals surface area (Å²) in [4.78, 5) is 54.0. The number of carbonyl (C=O) groups excluding carboxylic acids is 3. The zero-order valence-electron chi connectivity index (χ0n) is 31.4. The third-order valence-electron chi connectivity index (χ3n) is 11.9. The molecule has 58 heavy (non-hydrogen) atoms. The first-order valence-corrected chi connectivity index (χ1v) is 20.1. The summed E-state index contributed by atoms with van der Waals surface area (Å²) in [6, 6.07) is 17.0. The van der Waals surface area contributed by atoms with Crippen molar-refractivity contribution in [2.45, 2.75) is 31.6 Å². The van der Waals surface area contributed by atoms with Crippen molar-refractivity contribution in [1.29, 1.82) is 0 Å². The number of phenolic OH excluding ortho intramolecular Hbond substituents is 2. The van der Waals surface area contributed by atoms with Gasteiger partial charge < -0.3 is 50.9 Å². The highest BCUT2D eigenvalue weighted by Gasteiger charge is 2.40. The van der Waals surface area contributed by atoms with Crippen LogP contribution in [0.15, 0.2) is 66.9 Å². The summed E-state index contributed by atoms with van der Waals surface area (Å²) in [6.07, 6.45) is 1.84. The minimum Gasteiger partial charge on any atom is -0.506 e. The summed E-state index contributed by atoms with van der Waals surface area (Å²) in [5.41, 5.74) is 9.83. The molecule has 0 spiro atoms. The molecule has 3 aliphatic heterocycles. The van der Waals surface area contributed by atoms with E-state index in [0.717, 1.165) is 49.6 Å². The van der Waals surface area contributed by atoms with E-state index >= 15 is 0 Å². The predicted octanol–water partition coefficient (Wildman–Crippen LogP) is 8.99. The molecule has 3 atom stereocenters. The molecule has 3 aliphatic rings. The van der Waals surface area contributed by atoms with Gasteiger partial charge in [0.15, 0.2) is 0 Å². The highest BCUT2D eigenvalue weighted by Crippen LogP contribution is 2.51. The second-order valence-corrected chi connectivity index (χ2v) is 16.1. The Morgan fingerprint density at radius 2 is 1.31 bits per heavy atom. The van der Waals surface area contributed by atoms with E-state index in [0.29, 0.717) is 76.6 Å². The lowest BCUT2D eigenvalue weighted by molar-refractivity contribution is 0.0977. The number of phenols is 2. The van der Waals surface area contributed by atoms with Crippen molar-refractivity contribution in [2.24, 2.45) is 0 Å². The highest BCUT2D eigenvalue weighted by atomic mass is 35.5. The molecular formula is C43H38Cl2N8O5. The van der Waals surface area contributed by atoms with Crippen LogP contribution in [0.3, 0.4) is 0 Å². The fourth-order valence-electron chi connectivity index (χ4n) is 9.20. The molecule has 6 heterocycles. The number of anilines is 5. The fourth-order valence-corrected chi connectivity index (χ4v) is 9.71. The number of rotatable bonds is 6. The Hall–Kier alpha value is -6.31. The topological polar surface area (TPSA) is 182 Å². The lowest BCUT2D eigenvalue weighted by Crippen LogP contribution is -2.30. The molecule has 13 nitrogen and oxygen atoms in total. The average Bonchev–Trinajstić information content (AvgIpc) is 4.06. The number of carbonyl (C=O) groups is 3. The summed E-state index contributed by atoms with van der Waals surface area (Å²) < 4.78 is 0. The minimum absolute atomic E-state index is 0.0618. The van der Waals surface area contributed by atoms with E-state index in [2.05, 4.69) is 37.8 Å². The van der Waals surface area contributed by atoms with Gasteiger partial charge in [0.1, 0.15) is 22.9 Å². The zero-order valence-corrected chi connectivity index (χ0v) is 32.9. The number of alkyl halides is 2. The number of halogens is 2. The Morgan fingerprint density at radius 1 is 0.759 bits per heavy atom. The molecule has 0 radical (unpaired) electrons. The Kier molecular flexibility index (Phi) is 8.32. The van der Waals surface area contributed by atoms with Gasteiger partial charge in [-0.1, -0.05) is 6.92 Å². The largest absolute Gasteiger partial charge is 0.506 e. The van der Waals surface area contributed by atoms with Crippen LogP contribution < -0.4 is 25.8 Å². The Bertz CT molecular complexity index is 2900. The Balaban J connectivity index is 0.845. The lowest BCUT2D eigenvalue weighted by Gasteiger charge is -2.18. The number of H-pyrrole nitrogens is 3. The molecule has 10 rings (SSSR count). The summed E-state index contributed by atoms with van der Waals surface area (Å²) in [5.74, 6) is 0.368. The Morgan fingerprint density at radius 3 is 1.90 bits per heavy atom. The molecule has 1 unspecified atom stereocenters. The molecule has 0 aliphatic carbocycles. The van der Waals surface area contributed by atoms with E-state index in [1.165, 1.54) is 0 Å². The van der Waals surface area contributed by atoms with E-state index in [-0.39, 0.29) is 41.1 Å². The smallest absolute Gasteiger partial charge is 0.323 e. The molecule has 0 fully saturated rings. The van der Waals surface area contributed by atoms with Gasteiger partial charge in [-0.25, -0.2) is 4.79 Å². The number of nitrogens with one attached hydrogen (secondary N) is 6. The van der Waals surface area contributed by atoms with Crippen LogP contribution in [0, 0.1) is 6.92 Å². The number of nitrogens with zero attached hydrogens (tertiary/aromatic N) is 2. The number of hydrogen-bond acceptors (Lipinski definition) is 6. The van der Waals surface area contributed by atoms with Crippen LogP contribution in [0.5, 0.6) is 11.5 Å². The van der Waals surface area contributed by atoms with Crippen LogP contribution in [-0.4, -0.2) is 74.4 Å². The van der Waals surface area contributed by atoms with Gasteiger partial charge in [-0.05, 0) is 77.7 Å². The minimum atomic E-state index is -0.471. The third-order valence-corrected chi connectivity index (χ3v) is 12.6. The first-order valence-electron chi connectivity index (χ1n) is 19.1. The molecule has 7 aromatic rings. The van der Waals surface area contributed by atoms with Gasteiger partial charge in [-0.2, -0.15) is 0 Å². The van der Waals surface area contributed by atoms with E-state index < -0.39 is 6.03 Å². The van der Waals surface area contributed by atoms with E-state index in [4.69, 9.17) is 23.2 Å². The van der Waals surface area contributed by atoms with Gasteiger partial charge in [0.25, 0.3) is 11.8 Å². The standard InChI is InChI=1S/C43H38Cl2N8O5/c1-19-15-46-39-33(54)11-31-37(35(19)39)23(13-44)17-52(31)41(56)29-9-21-7-25(3-5-27(21)50-29)48-43(58)49-26-4-6-28-22(8-26)10-30(51-28)42(57)53-18-24(14-45)38-32(53)12-34(55)40-36(38)20(2)16-47-40/h3-12,15,20,23-24,46-47,50-51,54-55H,13-14,16-18H2,1-2H3,(H2,48,49,58)/t20?,23-,24-/m1/s1. The molecule has 3 aromatic heterocycles. The number of aryl methyl sites for hydroxylation is 1. The van der Waals surface area contributed by atoms with E-state index in [1.54, 1.807) is 70.5 Å². The molecule has 4 aromatic carbocycles. The number of hydrogen-bond donors (Lipinski definition) is 8. The number of benzene rings is 4. The monoisotopic (exact) mass is 816 g/mol. The first-order chi connectivity index (χ1) is 28.0. The second-order valence-electron chi connectivity index (χ2n) is 15.5. The van der Waals surface area contributed by atoms with E-state index in [1.807, 2.05) is 13.1 Å². The van der Waals surface area contributed by atoms with Crippen molar-refractivity contribution < 1.29 is 24.6 Å². The van der Waals surface area contributed by atoms with Crippen LogP contribution in [0.25, 0.3) is 32.7 Å². The van der Waals surface area contributed by atoms with Crippen LogP contribution in [0.1, 0.15) is 67.9 Å². The average molecular weight is 818 g/mol. The number of aromatic nitrogens is 3. The summed E-state index contributed by atoms with van der Waals surface area (Å²) in [6.45, 7) is 5.55. The van der Waals surface area contributed by atoms with Crippen LogP contribution >= 0.6 is 23.2 Å². The van der Waals surface area contributed by atoms with E-state index in [9.17, 15) is 24.6 Å². The van der Waals surface area contributed by atoms with Crippen molar-refractivity contribution in [3.8, 4) is 11.5 Å². The lowest BCUT2D eigenvalue weighted by atomic mass is 9.90. The van der Waals surface area contributed by atoms with Gasteiger partial charge >= 0.3 is 6.03 Å². The number of aromatic hydroxyl groups is 2. The quantitative estimate of drug-likeness (QED) is 0.0613. The molecule has 0 saturated carbocycles. The Labute approximate surface area is 341 Å². The summed E-state index contributed by atoms with van der Waals surface area (Å²) >= 11 is 12.8. The maximum Gasteiger partial charge on any atom is 0.323 e. The SMILES string of the molecule is Cc1c[nH]c2c(O)cc3c(c12)[C@H](CCl)CN3C(=O)c1cc2cc(NC(=O)Nc3ccc4[nH]c(C(=O)N5C[C@@H](CCl)c6c5cc(O)c5c6C(C)CN5)cc4c3)ccc2[nH]1. The van der Waals surface area contributed by atoms with Crippen LogP contribution in [0.2, 0.25) is 0 Å². The molecule has 4 amide bonds. The van der Waals surface area contributed by atoms with Gasteiger partial charge in [0.2, 0.25) is 0 Å². The van der Waals surface area contributed by atoms with Gasteiger partial charge in [-0.3, -0.25) is 9.59 Å². The summed E-state index contributed by atoms with van der Waals surface area (Å²) in [7, 11) is 0. The second kappa shape index (κ2) is 13.4. The normalized spacial score (nSPS) is 18.2. The summed E-state index contributed by atoms with van der Waals surface area (Å²) in [5, 5.41) is 33.0. The predicted molar refractivity (Wildman–Crippen MR) is 229 cm³/mol. The maximum atomic E-state index is 14.0. The number of fused-ring (bicyclic) bond motifs is 8. The van der Waals surface area contributed by atoms with Crippen molar-refractivity contribution >= 4 is 102 Å². The fraction of sp³-hybridized carbons (Fsp3) is 0.233. The molecule has 15 heteroatoms. The van der Waals surface area contributed by atoms with Crippen molar-refractivity contribution in [1.82, 2.24) is 15.0 Å². The number of urea groups is 1. The molecule has 0 saturated heterocycles. The molecule has 8 N–H and O–H groups in total. The zero-order chi connectivity index (χ0) is 40.1. The number of amides is 4. The highest BCUT2D eigenvalue weighted by molar-refractivity contribution is 6.20.